The minimum Gasteiger partial charge on any atom is -0.393 e. The molecule has 1 aromatic rings. The first-order chi connectivity index (χ1) is 9.54. The maximum Gasteiger partial charge on any atom is 0.331 e. The summed E-state index contributed by atoms with van der Waals surface area (Å²) in [5.74, 6) is 0.406. The lowest BCUT2D eigenvalue weighted by atomic mass is 10.1. The van der Waals surface area contributed by atoms with E-state index in [1.165, 1.54) is 10.9 Å². The van der Waals surface area contributed by atoms with Gasteiger partial charge in [-0.05, 0) is 18.4 Å². The van der Waals surface area contributed by atoms with Crippen LogP contribution in [0.3, 0.4) is 0 Å². The van der Waals surface area contributed by atoms with Gasteiger partial charge in [-0.3, -0.25) is 10.1 Å². The van der Waals surface area contributed by atoms with Crippen molar-refractivity contribution in [1.29, 1.82) is 0 Å². The Kier molecular flexibility index (Phi) is 4.06. The minimum absolute atomic E-state index is 0.0655. The smallest absolute Gasteiger partial charge is 0.331 e. The SMILES string of the molecule is Cn1ncc([N+](=O)[O-])c1N1CC[C@@H](O)[C@H](N=[N+]=[N-])CC1. The predicted molar refractivity (Wildman–Crippen MR) is 70.3 cm³/mol. The highest BCUT2D eigenvalue weighted by molar-refractivity contribution is 5.57. The lowest BCUT2D eigenvalue weighted by Crippen LogP contribution is -2.27. The monoisotopic (exact) mass is 281 g/mol. The van der Waals surface area contributed by atoms with Gasteiger partial charge in [-0.1, -0.05) is 5.11 Å². The van der Waals surface area contributed by atoms with Gasteiger partial charge >= 0.3 is 5.69 Å². The molecule has 0 amide bonds. The van der Waals surface area contributed by atoms with E-state index >= 15 is 0 Å². The van der Waals surface area contributed by atoms with Crippen LogP contribution < -0.4 is 4.90 Å². The molecule has 0 aliphatic carbocycles. The number of hydrogen-bond acceptors (Lipinski definition) is 6. The molecular formula is C10H15N7O3. The first-order valence-corrected chi connectivity index (χ1v) is 6.18. The van der Waals surface area contributed by atoms with Crippen LogP contribution in [0, 0.1) is 10.1 Å². The summed E-state index contributed by atoms with van der Waals surface area (Å²) in [6.07, 6.45) is 1.30. The van der Waals surface area contributed by atoms with E-state index in [1.807, 2.05) is 0 Å². The molecular weight excluding hydrogens is 266 g/mol. The van der Waals surface area contributed by atoms with Gasteiger partial charge in [-0.15, -0.1) is 0 Å². The van der Waals surface area contributed by atoms with Crippen LogP contribution in [0.1, 0.15) is 12.8 Å². The highest BCUT2D eigenvalue weighted by Crippen LogP contribution is 2.29. The summed E-state index contributed by atoms with van der Waals surface area (Å²) >= 11 is 0. The van der Waals surface area contributed by atoms with Crippen molar-refractivity contribution in [3.05, 3.63) is 26.8 Å². The second kappa shape index (κ2) is 5.76. The molecule has 1 aliphatic heterocycles. The summed E-state index contributed by atoms with van der Waals surface area (Å²) in [5.41, 5.74) is 8.40. The van der Waals surface area contributed by atoms with Crippen LogP contribution in [0.2, 0.25) is 0 Å². The Morgan fingerprint density at radius 1 is 1.60 bits per heavy atom. The van der Waals surface area contributed by atoms with Gasteiger partial charge in [0.05, 0.1) is 17.1 Å². The van der Waals surface area contributed by atoms with Crippen LogP contribution in [0.4, 0.5) is 11.5 Å². The second-order valence-electron chi connectivity index (χ2n) is 4.64. The molecule has 2 heterocycles. The van der Waals surface area contributed by atoms with Gasteiger partial charge in [0.1, 0.15) is 6.20 Å². The van der Waals surface area contributed by atoms with Gasteiger partial charge in [0, 0.05) is 25.0 Å². The molecule has 0 radical (unpaired) electrons. The van der Waals surface area contributed by atoms with E-state index in [1.54, 1.807) is 11.9 Å². The van der Waals surface area contributed by atoms with Crippen LogP contribution in [-0.4, -0.2) is 45.0 Å². The molecule has 108 valence electrons. The van der Waals surface area contributed by atoms with E-state index in [4.69, 9.17) is 5.53 Å². The molecule has 1 aromatic heterocycles. The van der Waals surface area contributed by atoms with E-state index in [-0.39, 0.29) is 5.69 Å². The van der Waals surface area contributed by atoms with Crippen molar-refractivity contribution in [3.8, 4) is 0 Å². The molecule has 1 saturated heterocycles. The number of aliphatic hydroxyl groups excluding tert-OH is 1. The Labute approximate surface area is 114 Å². The van der Waals surface area contributed by atoms with Crippen molar-refractivity contribution in [1.82, 2.24) is 9.78 Å². The molecule has 0 aromatic carbocycles. The largest absolute Gasteiger partial charge is 0.393 e. The average Bonchev–Trinajstić information content (AvgIpc) is 2.70. The van der Waals surface area contributed by atoms with Crippen molar-refractivity contribution < 1.29 is 10.0 Å². The number of aromatic nitrogens is 2. The van der Waals surface area contributed by atoms with Gasteiger partial charge < -0.3 is 10.0 Å². The second-order valence-corrected chi connectivity index (χ2v) is 4.64. The Morgan fingerprint density at radius 3 is 2.95 bits per heavy atom. The maximum atomic E-state index is 11.0. The molecule has 20 heavy (non-hydrogen) atoms. The summed E-state index contributed by atoms with van der Waals surface area (Å²) in [4.78, 5) is 15.0. The number of nitro groups is 1. The fourth-order valence-electron chi connectivity index (χ4n) is 2.40. The topological polar surface area (TPSA) is 133 Å². The number of rotatable bonds is 3. The molecule has 1 N–H and O–H groups in total. The third-order valence-electron chi connectivity index (χ3n) is 3.42. The zero-order valence-electron chi connectivity index (χ0n) is 11.0. The van der Waals surface area contributed by atoms with Crippen molar-refractivity contribution in [2.45, 2.75) is 25.0 Å². The first-order valence-electron chi connectivity index (χ1n) is 6.18. The third-order valence-corrected chi connectivity index (χ3v) is 3.42. The van der Waals surface area contributed by atoms with Crippen molar-refractivity contribution in [2.75, 3.05) is 18.0 Å². The summed E-state index contributed by atoms with van der Waals surface area (Å²) in [6.45, 7) is 0.903. The van der Waals surface area contributed by atoms with Gasteiger partial charge in [-0.2, -0.15) is 5.10 Å². The number of azide groups is 1. The molecule has 0 saturated carbocycles. The van der Waals surface area contributed by atoms with Gasteiger partial charge in [-0.25, -0.2) is 4.68 Å². The highest BCUT2D eigenvalue weighted by Gasteiger charge is 2.29. The fourth-order valence-corrected chi connectivity index (χ4v) is 2.40. The Balaban J connectivity index is 2.24. The Hall–Kier alpha value is -2.32. The molecule has 0 unspecified atom stereocenters. The standard InChI is InChI=1S/C10H15N7O3/c1-15-10(8(6-12-15)17(19)20)16-4-2-7(13-14-11)9(18)3-5-16/h6-7,9,18H,2-5H2,1H3/t7-,9-/m1/s1. The van der Waals surface area contributed by atoms with Crippen molar-refractivity contribution in [3.63, 3.8) is 0 Å². The molecule has 0 bridgehead atoms. The highest BCUT2D eigenvalue weighted by atomic mass is 16.6. The molecule has 1 fully saturated rings. The van der Waals surface area contributed by atoms with Crippen LogP contribution in [0.5, 0.6) is 0 Å². The summed E-state index contributed by atoms with van der Waals surface area (Å²) in [6, 6.07) is -0.503. The summed E-state index contributed by atoms with van der Waals surface area (Å²) in [5, 5.41) is 28.4. The van der Waals surface area contributed by atoms with E-state index < -0.39 is 17.1 Å². The number of hydrogen-bond donors (Lipinski definition) is 1. The van der Waals surface area contributed by atoms with Gasteiger partial charge in [0.15, 0.2) is 0 Å². The van der Waals surface area contributed by atoms with Gasteiger partial charge in [0.25, 0.3) is 0 Å². The molecule has 1 aliphatic rings. The van der Waals surface area contributed by atoms with Gasteiger partial charge in [0.2, 0.25) is 5.82 Å². The van der Waals surface area contributed by atoms with E-state index in [9.17, 15) is 15.2 Å². The quantitative estimate of drug-likeness (QED) is 0.289. The molecule has 0 spiro atoms. The Bertz CT molecular complexity index is 551. The van der Waals surface area contributed by atoms with Crippen LogP contribution in [-0.2, 0) is 7.05 Å². The predicted octanol–water partition coefficient (Wildman–Crippen LogP) is 0.968. The van der Waals surface area contributed by atoms with Crippen LogP contribution in [0.15, 0.2) is 11.3 Å². The summed E-state index contributed by atoms with van der Waals surface area (Å²) in [7, 11) is 1.63. The average molecular weight is 281 g/mol. The molecule has 2 atom stereocenters. The zero-order valence-corrected chi connectivity index (χ0v) is 11.0. The lowest BCUT2D eigenvalue weighted by molar-refractivity contribution is -0.384. The van der Waals surface area contributed by atoms with E-state index in [0.717, 1.165) is 0 Å². The lowest BCUT2D eigenvalue weighted by Gasteiger charge is -2.21. The van der Waals surface area contributed by atoms with Crippen molar-refractivity contribution >= 4 is 11.5 Å². The van der Waals surface area contributed by atoms with Crippen molar-refractivity contribution in [2.24, 2.45) is 12.2 Å². The number of nitrogens with zero attached hydrogens (tertiary/aromatic N) is 7. The molecule has 10 nitrogen and oxygen atoms in total. The fraction of sp³-hybridized carbons (Fsp3) is 0.700. The molecule has 10 heteroatoms. The third kappa shape index (κ3) is 2.65. The maximum absolute atomic E-state index is 11.0. The number of anilines is 1. The van der Waals surface area contributed by atoms with Crippen LogP contribution >= 0.6 is 0 Å². The zero-order chi connectivity index (χ0) is 14.7. The first kappa shape index (κ1) is 14.1. The van der Waals surface area contributed by atoms with E-state index in [0.29, 0.717) is 31.7 Å². The van der Waals surface area contributed by atoms with Crippen LogP contribution in [0.25, 0.3) is 10.4 Å². The number of aliphatic hydroxyl groups is 1. The van der Waals surface area contributed by atoms with E-state index in [2.05, 4.69) is 15.1 Å². The minimum atomic E-state index is -0.733. The normalized spacial score (nSPS) is 23.0. The molecule has 2 rings (SSSR count). The number of aryl methyl sites for hydroxylation is 1. The Morgan fingerprint density at radius 2 is 2.30 bits per heavy atom. The summed E-state index contributed by atoms with van der Waals surface area (Å²) < 4.78 is 1.44.